The number of benzene rings is 1. The van der Waals surface area contributed by atoms with Crippen molar-refractivity contribution in [1.29, 1.82) is 0 Å². The topological polar surface area (TPSA) is 108 Å². The number of Topliss-reactive ketones (excluding diaryl/α,β-unsaturated/α-hetero) is 1. The van der Waals surface area contributed by atoms with Crippen LogP contribution in [0.15, 0.2) is 42.6 Å². The molecule has 0 aliphatic rings. The van der Waals surface area contributed by atoms with Crippen molar-refractivity contribution < 1.29 is 24.0 Å². The maximum absolute atomic E-state index is 13.4. The second-order valence-corrected chi connectivity index (χ2v) is 6.64. The van der Waals surface area contributed by atoms with Crippen LogP contribution in [-0.4, -0.2) is 33.5 Å². The van der Waals surface area contributed by atoms with Gasteiger partial charge in [0.05, 0.1) is 28.3 Å². The van der Waals surface area contributed by atoms with Crippen LogP contribution in [0.2, 0.25) is 0 Å². The molecule has 0 aliphatic carbocycles. The van der Waals surface area contributed by atoms with E-state index in [-0.39, 0.29) is 34.9 Å². The molecule has 0 unspecified atom stereocenters. The van der Waals surface area contributed by atoms with Crippen LogP contribution in [0.1, 0.15) is 63.1 Å². The Labute approximate surface area is 172 Å². The van der Waals surface area contributed by atoms with E-state index in [2.05, 4.69) is 0 Å². The minimum Gasteiger partial charge on any atom is -0.462 e. The second-order valence-electron chi connectivity index (χ2n) is 6.64. The summed E-state index contributed by atoms with van der Waals surface area (Å²) in [5, 5.41) is 11.1. The predicted molar refractivity (Wildman–Crippen MR) is 109 cm³/mol. The lowest BCUT2D eigenvalue weighted by Gasteiger charge is -2.06. The number of nitro benzene ring substituents is 1. The van der Waals surface area contributed by atoms with Crippen molar-refractivity contribution >= 4 is 28.7 Å². The first-order valence-corrected chi connectivity index (χ1v) is 9.44. The highest BCUT2D eigenvalue weighted by Crippen LogP contribution is 2.29. The molecule has 154 valence electrons. The largest absolute Gasteiger partial charge is 0.462 e. The average molecular weight is 408 g/mol. The van der Waals surface area contributed by atoms with Gasteiger partial charge in [0.2, 0.25) is 5.78 Å². The third-order valence-electron chi connectivity index (χ3n) is 4.81. The number of ether oxygens (including phenoxy) is 1. The van der Waals surface area contributed by atoms with Gasteiger partial charge in [0, 0.05) is 29.5 Å². The van der Waals surface area contributed by atoms with Gasteiger partial charge in [-0.15, -0.1) is 0 Å². The van der Waals surface area contributed by atoms with Gasteiger partial charge in [0.15, 0.2) is 5.78 Å². The molecule has 0 spiro atoms. The Morgan fingerprint density at radius 3 is 2.43 bits per heavy atom. The summed E-state index contributed by atoms with van der Waals surface area (Å²) in [5.74, 6) is -1.24. The normalized spacial score (nSPS) is 10.8. The Bertz CT molecular complexity index is 1190. The third-order valence-corrected chi connectivity index (χ3v) is 4.81. The van der Waals surface area contributed by atoms with Gasteiger partial charge in [-0.3, -0.25) is 19.7 Å². The number of pyridine rings is 1. The van der Waals surface area contributed by atoms with Gasteiger partial charge in [-0.2, -0.15) is 0 Å². The average Bonchev–Trinajstić information content (AvgIpc) is 3.06. The van der Waals surface area contributed by atoms with Crippen LogP contribution in [0.25, 0.3) is 5.52 Å². The van der Waals surface area contributed by atoms with E-state index in [0.717, 1.165) is 0 Å². The van der Waals surface area contributed by atoms with E-state index in [4.69, 9.17) is 4.74 Å². The Balaban J connectivity index is 2.32. The zero-order valence-electron chi connectivity index (χ0n) is 16.8. The van der Waals surface area contributed by atoms with Crippen molar-refractivity contribution in [2.45, 2.75) is 27.2 Å². The summed E-state index contributed by atoms with van der Waals surface area (Å²) >= 11 is 0. The first-order chi connectivity index (χ1) is 14.3. The van der Waals surface area contributed by atoms with Gasteiger partial charge < -0.3 is 9.14 Å². The molecule has 8 nitrogen and oxygen atoms in total. The van der Waals surface area contributed by atoms with Crippen LogP contribution in [0, 0.1) is 10.1 Å². The molecule has 8 heteroatoms. The Kier molecular flexibility index (Phi) is 5.77. The van der Waals surface area contributed by atoms with Crippen molar-refractivity contribution in [1.82, 2.24) is 4.40 Å². The molecule has 1 aromatic carbocycles. The van der Waals surface area contributed by atoms with Crippen LogP contribution < -0.4 is 0 Å². The van der Waals surface area contributed by atoms with Crippen LogP contribution in [0.3, 0.4) is 0 Å². The molecule has 0 bridgehead atoms. The first-order valence-electron chi connectivity index (χ1n) is 9.44. The van der Waals surface area contributed by atoms with E-state index in [1.54, 1.807) is 36.6 Å². The lowest BCUT2D eigenvalue weighted by molar-refractivity contribution is -0.384. The zero-order chi connectivity index (χ0) is 22.0. The molecule has 2 aromatic heterocycles. The van der Waals surface area contributed by atoms with E-state index in [1.807, 2.05) is 0 Å². The van der Waals surface area contributed by atoms with Crippen molar-refractivity contribution in [2.24, 2.45) is 0 Å². The van der Waals surface area contributed by atoms with Crippen LogP contribution >= 0.6 is 0 Å². The van der Waals surface area contributed by atoms with Gasteiger partial charge in [-0.05, 0) is 38.0 Å². The number of ketones is 2. The fraction of sp³-hybridized carbons (Fsp3) is 0.227. The number of hydrogen-bond acceptors (Lipinski definition) is 6. The minimum absolute atomic E-state index is 0.129. The maximum Gasteiger partial charge on any atom is 0.340 e. The molecule has 0 atom stereocenters. The standard InChI is InChI=1S/C22H20N2O6/c1-4-17-19(22(27)30-5-2)18-12-14(13(3)25)9-10-23(18)20(17)21(26)15-7-6-8-16(11-15)24(28)29/h6-12H,4-5H2,1-3H3. The molecule has 0 saturated heterocycles. The number of nitrogens with zero attached hydrogens (tertiary/aromatic N) is 2. The van der Waals surface area contributed by atoms with E-state index in [1.165, 1.54) is 31.2 Å². The van der Waals surface area contributed by atoms with Crippen molar-refractivity contribution in [3.05, 3.63) is 80.7 Å². The first kappa shape index (κ1) is 20.9. The summed E-state index contributed by atoms with van der Waals surface area (Å²) in [7, 11) is 0. The molecule has 0 amide bonds. The van der Waals surface area contributed by atoms with E-state index in [0.29, 0.717) is 23.1 Å². The summed E-state index contributed by atoms with van der Waals surface area (Å²) in [6.45, 7) is 5.04. The quantitative estimate of drug-likeness (QED) is 0.253. The fourth-order valence-electron chi connectivity index (χ4n) is 3.44. The molecule has 30 heavy (non-hydrogen) atoms. The van der Waals surface area contributed by atoms with Crippen molar-refractivity contribution in [2.75, 3.05) is 6.61 Å². The van der Waals surface area contributed by atoms with Crippen LogP contribution in [0.5, 0.6) is 0 Å². The summed E-state index contributed by atoms with van der Waals surface area (Å²) in [5.41, 5.74) is 1.59. The molecule has 0 radical (unpaired) electrons. The number of hydrogen-bond donors (Lipinski definition) is 0. The molecular weight excluding hydrogens is 388 g/mol. The van der Waals surface area contributed by atoms with Gasteiger partial charge in [-0.1, -0.05) is 19.1 Å². The highest BCUT2D eigenvalue weighted by atomic mass is 16.6. The zero-order valence-corrected chi connectivity index (χ0v) is 16.8. The monoisotopic (exact) mass is 408 g/mol. The Morgan fingerprint density at radius 1 is 1.10 bits per heavy atom. The minimum atomic E-state index is -0.592. The molecule has 3 aromatic rings. The lowest BCUT2D eigenvalue weighted by Crippen LogP contribution is -2.10. The summed E-state index contributed by atoms with van der Waals surface area (Å²) in [6, 6.07) is 8.55. The lowest BCUT2D eigenvalue weighted by atomic mass is 10.0. The number of esters is 1. The highest BCUT2D eigenvalue weighted by Gasteiger charge is 2.28. The smallest absolute Gasteiger partial charge is 0.340 e. The molecule has 3 rings (SSSR count). The second kappa shape index (κ2) is 8.28. The molecule has 2 heterocycles. The summed E-state index contributed by atoms with van der Waals surface area (Å²) in [6.07, 6.45) is 1.90. The maximum atomic E-state index is 13.4. The number of carbonyl (C=O) groups excluding carboxylic acids is 3. The summed E-state index contributed by atoms with van der Waals surface area (Å²) in [4.78, 5) is 48.5. The highest BCUT2D eigenvalue weighted by molar-refractivity contribution is 6.13. The number of nitro groups is 1. The van der Waals surface area contributed by atoms with E-state index >= 15 is 0 Å². The van der Waals surface area contributed by atoms with E-state index < -0.39 is 16.7 Å². The SMILES string of the molecule is CCOC(=O)c1c(CC)c(C(=O)c2cccc([N+](=O)[O-])c2)n2ccc(C(C)=O)cc12. The van der Waals surface area contributed by atoms with Gasteiger partial charge in [0.1, 0.15) is 0 Å². The number of fused-ring (bicyclic) bond motifs is 1. The van der Waals surface area contributed by atoms with E-state index in [9.17, 15) is 24.5 Å². The molecular formula is C22H20N2O6. The molecule has 0 fully saturated rings. The fourth-order valence-corrected chi connectivity index (χ4v) is 3.44. The number of non-ortho nitro benzene ring substituents is 1. The van der Waals surface area contributed by atoms with Crippen molar-refractivity contribution in [3.8, 4) is 0 Å². The van der Waals surface area contributed by atoms with Crippen LogP contribution in [-0.2, 0) is 11.2 Å². The molecule has 0 N–H and O–H groups in total. The molecule has 0 saturated carbocycles. The number of aromatic nitrogens is 1. The van der Waals surface area contributed by atoms with Crippen molar-refractivity contribution in [3.63, 3.8) is 0 Å². The van der Waals surface area contributed by atoms with Gasteiger partial charge >= 0.3 is 5.97 Å². The summed E-state index contributed by atoms with van der Waals surface area (Å²) < 4.78 is 6.73. The predicted octanol–water partition coefficient (Wildman–Crippen LogP) is 4.02. The number of carbonyl (C=O) groups is 3. The number of rotatable bonds is 7. The Hall–Kier alpha value is -3.81. The Morgan fingerprint density at radius 2 is 1.83 bits per heavy atom. The molecule has 0 aliphatic heterocycles. The third kappa shape index (κ3) is 3.59. The van der Waals surface area contributed by atoms with Crippen LogP contribution in [0.4, 0.5) is 5.69 Å². The van der Waals surface area contributed by atoms with Gasteiger partial charge in [-0.25, -0.2) is 4.79 Å². The van der Waals surface area contributed by atoms with Gasteiger partial charge in [0.25, 0.3) is 5.69 Å².